The predicted molar refractivity (Wildman–Crippen MR) is 83.6 cm³/mol. The fourth-order valence-corrected chi connectivity index (χ4v) is 2.71. The number of hydrogen-bond donors (Lipinski definition) is 0. The summed E-state index contributed by atoms with van der Waals surface area (Å²) in [6.07, 6.45) is 1.90. The Hall–Kier alpha value is -3.07. The molecule has 1 aromatic carbocycles. The maximum atomic E-state index is 13.8. The highest BCUT2D eigenvalue weighted by Crippen LogP contribution is 2.28. The molecule has 0 saturated carbocycles. The second-order valence-corrected chi connectivity index (χ2v) is 5.43. The van der Waals surface area contributed by atoms with E-state index in [4.69, 9.17) is 5.26 Å². The summed E-state index contributed by atoms with van der Waals surface area (Å²) in [6, 6.07) is 8.56. The Bertz CT molecular complexity index is 940. The van der Waals surface area contributed by atoms with E-state index in [1.54, 1.807) is 23.8 Å². The van der Waals surface area contributed by atoms with Crippen molar-refractivity contribution in [3.8, 4) is 17.5 Å². The van der Waals surface area contributed by atoms with Gasteiger partial charge in [-0.15, -0.1) is 0 Å². The van der Waals surface area contributed by atoms with E-state index in [-0.39, 0.29) is 18.5 Å². The van der Waals surface area contributed by atoms with Gasteiger partial charge in [0.05, 0.1) is 24.6 Å². The van der Waals surface area contributed by atoms with Gasteiger partial charge in [0.15, 0.2) is 5.78 Å². The minimum Gasteiger partial charge on any atom is -0.325 e. The number of carbonyl (C=O) groups is 1. The summed E-state index contributed by atoms with van der Waals surface area (Å²) in [6.45, 7) is 1.68. The third-order valence-electron chi connectivity index (χ3n) is 3.88. The van der Waals surface area contributed by atoms with Crippen molar-refractivity contribution in [2.24, 2.45) is 0 Å². The first-order valence-corrected chi connectivity index (χ1v) is 7.30. The third kappa shape index (κ3) is 2.76. The van der Waals surface area contributed by atoms with Crippen LogP contribution in [0.5, 0.6) is 0 Å². The van der Waals surface area contributed by atoms with Crippen LogP contribution in [0.3, 0.4) is 0 Å². The first kappa shape index (κ1) is 15.8. The van der Waals surface area contributed by atoms with Gasteiger partial charge in [-0.25, -0.2) is 13.8 Å². The fourth-order valence-electron chi connectivity index (χ4n) is 2.71. The molecule has 0 radical (unpaired) electrons. The minimum atomic E-state index is -0.885. The van der Waals surface area contributed by atoms with Crippen molar-refractivity contribution in [2.75, 3.05) is 0 Å². The third-order valence-corrected chi connectivity index (χ3v) is 3.88. The molecule has 0 N–H and O–H groups in total. The van der Waals surface area contributed by atoms with E-state index in [2.05, 4.69) is 11.1 Å². The minimum absolute atomic E-state index is 0.123. The molecule has 0 aliphatic carbocycles. The standard InChI is InChI=1S/C18H13F2N3O/c1-11-13(6-7-21)14-3-2-8-23(18(14)22-11)10-17(24)15-5-4-12(19)9-16(15)20/h2-5,8-9H,6,10H2,1H3. The van der Waals surface area contributed by atoms with E-state index in [1.807, 2.05) is 6.07 Å². The highest BCUT2D eigenvalue weighted by molar-refractivity contribution is 5.96. The van der Waals surface area contributed by atoms with Crippen LogP contribution in [0.25, 0.3) is 11.4 Å². The van der Waals surface area contributed by atoms with Crippen molar-refractivity contribution in [1.29, 1.82) is 5.26 Å². The maximum absolute atomic E-state index is 13.8. The van der Waals surface area contributed by atoms with Gasteiger partial charge < -0.3 is 4.57 Å². The molecular weight excluding hydrogens is 312 g/mol. The molecule has 0 saturated heterocycles. The SMILES string of the molecule is Cc1nc2n(CC(=O)c3ccc(F)cc3F)cccc-2c1CC#N. The Labute approximate surface area is 137 Å². The second kappa shape index (κ2) is 6.20. The molecule has 2 heterocycles. The summed E-state index contributed by atoms with van der Waals surface area (Å²) < 4.78 is 28.3. The van der Waals surface area contributed by atoms with E-state index in [0.29, 0.717) is 11.9 Å². The van der Waals surface area contributed by atoms with Crippen LogP contribution in [-0.4, -0.2) is 15.3 Å². The Morgan fingerprint density at radius 2 is 2.12 bits per heavy atom. The number of nitrogens with zero attached hydrogens (tertiary/aromatic N) is 3. The molecule has 2 aliphatic heterocycles. The molecule has 2 aliphatic rings. The van der Waals surface area contributed by atoms with Crippen LogP contribution in [0, 0.1) is 29.9 Å². The van der Waals surface area contributed by atoms with Crippen LogP contribution < -0.4 is 0 Å². The first-order chi connectivity index (χ1) is 11.5. The van der Waals surface area contributed by atoms with Crippen molar-refractivity contribution in [3.05, 3.63) is 65.0 Å². The molecule has 0 amide bonds. The molecule has 0 spiro atoms. The van der Waals surface area contributed by atoms with Crippen LogP contribution in [0.1, 0.15) is 21.6 Å². The van der Waals surface area contributed by atoms with Crippen LogP contribution in [0.4, 0.5) is 8.78 Å². The van der Waals surface area contributed by atoms with E-state index in [9.17, 15) is 13.6 Å². The number of aromatic nitrogens is 2. The van der Waals surface area contributed by atoms with Gasteiger partial charge in [-0.1, -0.05) is 0 Å². The summed E-state index contributed by atoms with van der Waals surface area (Å²) in [7, 11) is 0. The van der Waals surface area contributed by atoms with Crippen molar-refractivity contribution >= 4 is 5.78 Å². The van der Waals surface area contributed by atoms with Gasteiger partial charge in [0.25, 0.3) is 0 Å². The molecule has 1 aromatic rings. The summed E-state index contributed by atoms with van der Waals surface area (Å²) in [5.74, 6) is -1.53. The lowest BCUT2D eigenvalue weighted by Gasteiger charge is -2.11. The molecule has 0 fully saturated rings. The largest absolute Gasteiger partial charge is 0.325 e. The molecule has 0 unspecified atom stereocenters. The van der Waals surface area contributed by atoms with Crippen LogP contribution in [0.15, 0.2) is 36.5 Å². The topological polar surface area (TPSA) is 58.7 Å². The number of halogens is 2. The number of fused-ring (bicyclic) bond motifs is 1. The van der Waals surface area contributed by atoms with Crippen molar-refractivity contribution in [1.82, 2.24) is 9.55 Å². The summed E-state index contributed by atoms with van der Waals surface area (Å²) in [5, 5.41) is 8.93. The summed E-state index contributed by atoms with van der Waals surface area (Å²) in [5.41, 5.74) is 2.18. The fraction of sp³-hybridized carbons (Fsp3) is 0.167. The molecule has 120 valence electrons. The predicted octanol–water partition coefficient (Wildman–Crippen LogP) is 3.52. The van der Waals surface area contributed by atoms with Crippen LogP contribution >= 0.6 is 0 Å². The molecule has 3 rings (SSSR count). The van der Waals surface area contributed by atoms with Gasteiger partial charge >= 0.3 is 0 Å². The van der Waals surface area contributed by atoms with E-state index in [0.717, 1.165) is 29.0 Å². The Kier molecular flexibility index (Phi) is 4.09. The first-order valence-electron chi connectivity index (χ1n) is 7.30. The van der Waals surface area contributed by atoms with Crippen molar-refractivity contribution < 1.29 is 13.6 Å². The number of pyridine rings is 1. The molecular formula is C18H13F2N3O. The maximum Gasteiger partial charge on any atom is 0.185 e. The number of nitriles is 1. The molecule has 6 heteroatoms. The lowest BCUT2D eigenvalue weighted by atomic mass is 10.1. The van der Waals surface area contributed by atoms with Crippen molar-refractivity contribution in [2.45, 2.75) is 19.9 Å². The van der Waals surface area contributed by atoms with Gasteiger partial charge in [0.2, 0.25) is 0 Å². The Morgan fingerprint density at radius 1 is 1.33 bits per heavy atom. The van der Waals surface area contributed by atoms with Gasteiger partial charge in [-0.2, -0.15) is 5.26 Å². The summed E-state index contributed by atoms with van der Waals surface area (Å²) >= 11 is 0. The normalized spacial score (nSPS) is 10.8. The summed E-state index contributed by atoms with van der Waals surface area (Å²) in [4.78, 5) is 16.8. The Morgan fingerprint density at radius 3 is 2.83 bits per heavy atom. The number of rotatable bonds is 4. The highest BCUT2D eigenvalue weighted by atomic mass is 19.1. The van der Waals surface area contributed by atoms with Gasteiger partial charge in [0, 0.05) is 23.5 Å². The van der Waals surface area contributed by atoms with E-state index >= 15 is 0 Å². The lowest BCUT2D eigenvalue weighted by molar-refractivity contribution is 0.0968. The molecule has 4 nitrogen and oxygen atoms in total. The lowest BCUT2D eigenvalue weighted by Crippen LogP contribution is -2.14. The number of aryl methyl sites for hydroxylation is 1. The average molecular weight is 325 g/mol. The smallest absolute Gasteiger partial charge is 0.185 e. The number of Topliss-reactive ketones (excluding diaryl/α,β-unsaturated/α-hetero) is 1. The number of hydrogen-bond acceptors (Lipinski definition) is 3. The zero-order valence-corrected chi connectivity index (χ0v) is 12.9. The zero-order chi connectivity index (χ0) is 17.3. The zero-order valence-electron chi connectivity index (χ0n) is 12.9. The monoisotopic (exact) mass is 325 g/mol. The van der Waals surface area contributed by atoms with E-state index in [1.165, 1.54) is 0 Å². The quantitative estimate of drug-likeness (QED) is 0.690. The second-order valence-electron chi connectivity index (χ2n) is 5.43. The van der Waals surface area contributed by atoms with Crippen LogP contribution in [-0.2, 0) is 13.0 Å². The molecule has 0 aromatic heterocycles. The average Bonchev–Trinajstić information content (AvgIpc) is 2.85. The Balaban J connectivity index is 1.95. The highest BCUT2D eigenvalue weighted by Gasteiger charge is 2.20. The van der Waals surface area contributed by atoms with Gasteiger partial charge in [-0.05, 0) is 36.8 Å². The molecule has 0 bridgehead atoms. The molecule has 0 atom stereocenters. The van der Waals surface area contributed by atoms with Crippen molar-refractivity contribution in [3.63, 3.8) is 0 Å². The molecule has 24 heavy (non-hydrogen) atoms. The number of carbonyl (C=O) groups excluding carboxylic acids is 1. The van der Waals surface area contributed by atoms with Crippen LogP contribution in [0.2, 0.25) is 0 Å². The van der Waals surface area contributed by atoms with Gasteiger partial charge in [0.1, 0.15) is 17.5 Å². The number of ketones is 1. The van der Waals surface area contributed by atoms with E-state index < -0.39 is 17.4 Å². The van der Waals surface area contributed by atoms with Gasteiger partial charge in [-0.3, -0.25) is 4.79 Å². The number of benzene rings is 1.